The van der Waals surface area contributed by atoms with E-state index in [1.165, 1.54) is 0 Å². The molecule has 0 spiro atoms. The molecule has 0 heterocycles. The molecule has 11 heteroatoms. The SMILES string of the molecule is N[C@@H](CCC(=O)O)C(=O)N(C(=O)O)[C@@H](CCC(=O)O)C(=O)O. The molecule has 0 fully saturated rings. The maximum Gasteiger partial charge on any atom is 0.414 e. The number of nitrogens with zero attached hydrogens (tertiary/aromatic N) is 1. The monoisotopic (exact) mass is 320 g/mol. The number of nitrogens with two attached hydrogens (primary N) is 1. The van der Waals surface area contributed by atoms with Gasteiger partial charge in [-0.25, -0.2) is 14.5 Å². The van der Waals surface area contributed by atoms with E-state index in [0.29, 0.717) is 0 Å². The topological polar surface area (TPSA) is 196 Å². The van der Waals surface area contributed by atoms with Crippen molar-refractivity contribution in [3.63, 3.8) is 0 Å². The lowest BCUT2D eigenvalue weighted by atomic mass is 10.1. The minimum atomic E-state index is -1.92. The van der Waals surface area contributed by atoms with E-state index in [-0.39, 0.29) is 11.3 Å². The molecule has 11 nitrogen and oxygen atoms in total. The van der Waals surface area contributed by atoms with Crippen molar-refractivity contribution in [2.75, 3.05) is 0 Å². The summed E-state index contributed by atoms with van der Waals surface area (Å²) in [5, 5.41) is 34.9. The molecule has 0 aliphatic carbocycles. The highest BCUT2D eigenvalue weighted by atomic mass is 16.4. The third-order valence-electron chi connectivity index (χ3n) is 2.66. The lowest BCUT2D eigenvalue weighted by Gasteiger charge is -2.26. The molecule has 0 bridgehead atoms. The van der Waals surface area contributed by atoms with Crippen LogP contribution in [-0.4, -0.2) is 67.3 Å². The van der Waals surface area contributed by atoms with Crippen LogP contribution in [0.15, 0.2) is 0 Å². The first-order chi connectivity index (χ1) is 10.1. The fourth-order valence-electron chi connectivity index (χ4n) is 1.59. The number of imide groups is 1. The zero-order valence-electron chi connectivity index (χ0n) is 11.3. The van der Waals surface area contributed by atoms with Gasteiger partial charge in [0.2, 0.25) is 5.91 Å². The van der Waals surface area contributed by atoms with Crippen LogP contribution in [0.2, 0.25) is 0 Å². The highest BCUT2D eigenvalue weighted by Gasteiger charge is 2.37. The van der Waals surface area contributed by atoms with Crippen molar-refractivity contribution in [2.24, 2.45) is 5.73 Å². The number of hydrogen-bond acceptors (Lipinski definition) is 6. The molecule has 22 heavy (non-hydrogen) atoms. The molecule has 6 N–H and O–H groups in total. The molecule has 2 atom stereocenters. The van der Waals surface area contributed by atoms with Crippen molar-refractivity contribution in [2.45, 2.75) is 37.8 Å². The molecule has 0 aliphatic rings. The van der Waals surface area contributed by atoms with Gasteiger partial charge >= 0.3 is 24.0 Å². The molecule has 0 saturated heterocycles. The Bertz CT molecular complexity index is 476. The maximum absolute atomic E-state index is 11.9. The van der Waals surface area contributed by atoms with Crippen LogP contribution in [0.4, 0.5) is 4.79 Å². The second-order valence-corrected chi connectivity index (χ2v) is 4.32. The molecule has 0 aromatic rings. The molecule has 0 unspecified atom stereocenters. The Labute approximate surface area is 123 Å². The maximum atomic E-state index is 11.9. The lowest BCUT2D eigenvalue weighted by molar-refractivity contribution is -0.150. The molecular formula is C11H16N2O9. The number of amides is 2. The van der Waals surface area contributed by atoms with Crippen LogP contribution in [0.25, 0.3) is 0 Å². The largest absolute Gasteiger partial charge is 0.481 e. The summed E-state index contributed by atoms with van der Waals surface area (Å²) in [6, 6.07) is -3.45. The van der Waals surface area contributed by atoms with Gasteiger partial charge in [0.15, 0.2) is 0 Å². The van der Waals surface area contributed by atoms with E-state index in [0.717, 1.165) is 0 Å². The van der Waals surface area contributed by atoms with E-state index in [4.69, 9.17) is 26.2 Å². The van der Waals surface area contributed by atoms with Crippen LogP contribution in [0, 0.1) is 0 Å². The summed E-state index contributed by atoms with van der Waals surface area (Å²) in [5.74, 6) is -5.63. The molecule has 0 aromatic carbocycles. The molecule has 124 valence electrons. The number of carbonyl (C=O) groups excluding carboxylic acids is 1. The molecule has 0 rings (SSSR count). The first-order valence-electron chi connectivity index (χ1n) is 6.05. The quantitative estimate of drug-likeness (QED) is 0.351. The predicted molar refractivity (Wildman–Crippen MR) is 68.0 cm³/mol. The minimum absolute atomic E-state index is 0.0716. The van der Waals surface area contributed by atoms with Gasteiger partial charge in [-0.05, 0) is 12.8 Å². The Morgan fingerprint density at radius 1 is 0.864 bits per heavy atom. The van der Waals surface area contributed by atoms with E-state index in [9.17, 15) is 24.0 Å². The lowest BCUT2D eigenvalue weighted by Crippen LogP contribution is -2.54. The first-order valence-corrected chi connectivity index (χ1v) is 6.05. The van der Waals surface area contributed by atoms with Gasteiger partial charge in [-0.1, -0.05) is 0 Å². The van der Waals surface area contributed by atoms with Crippen molar-refractivity contribution in [3.8, 4) is 0 Å². The van der Waals surface area contributed by atoms with Crippen LogP contribution in [-0.2, 0) is 19.2 Å². The predicted octanol–water partition coefficient (Wildman–Crippen LogP) is -0.997. The molecule has 0 aromatic heterocycles. The number of carbonyl (C=O) groups is 5. The molecule has 0 aliphatic heterocycles. The van der Waals surface area contributed by atoms with Crippen molar-refractivity contribution >= 4 is 29.9 Å². The summed E-state index contributed by atoms with van der Waals surface area (Å²) >= 11 is 0. The Balaban J connectivity index is 5.17. The average molecular weight is 320 g/mol. The summed E-state index contributed by atoms with van der Waals surface area (Å²) < 4.78 is 0. The molecule has 0 saturated carbocycles. The first kappa shape index (κ1) is 19.3. The smallest absolute Gasteiger partial charge is 0.414 e. The Morgan fingerprint density at radius 2 is 1.32 bits per heavy atom. The standard InChI is InChI=1S/C11H16N2O9/c12-5(1-3-7(14)15)9(18)13(11(21)22)6(10(19)20)2-4-8(16)17/h5-6H,1-4,12H2,(H,14,15)(H,16,17)(H,19,20)(H,21,22)/t5-,6-/m0/s1. The summed E-state index contributed by atoms with van der Waals surface area (Å²) in [5.41, 5.74) is 5.37. The van der Waals surface area contributed by atoms with E-state index < -0.39 is 61.3 Å². The fourth-order valence-corrected chi connectivity index (χ4v) is 1.59. The number of hydrogen-bond donors (Lipinski definition) is 5. The molecule has 0 radical (unpaired) electrons. The molecule has 2 amide bonds. The van der Waals surface area contributed by atoms with Gasteiger partial charge < -0.3 is 26.2 Å². The summed E-state index contributed by atoms with van der Waals surface area (Å²) in [7, 11) is 0. The van der Waals surface area contributed by atoms with Gasteiger partial charge in [0, 0.05) is 12.8 Å². The van der Waals surface area contributed by atoms with Gasteiger partial charge in [0.25, 0.3) is 0 Å². The van der Waals surface area contributed by atoms with Gasteiger partial charge in [-0.15, -0.1) is 0 Å². The van der Waals surface area contributed by atoms with Gasteiger partial charge in [0.1, 0.15) is 6.04 Å². The van der Waals surface area contributed by atoms with E-state index >= 15 is 0 Å². The number of carboxylic acid groups (broad SMARTS) is 4. The van der Waals surface area contributed by atoms with Gasteiger partial charge in [-0.3, -0.25) is 14.4 Å². The normalized spacial score (nSPS) is 13.0. The summed E-state index contributed by atoms with van der Waals surface area (Å²) in [4.78, 5) is 54.9. The zero-order valence-corrected chi connectivity index (χ0v) is 11.3. The van der Waals surface area contributed by atoms with Crippen LogP contribution in [0.5, 0.6) is 0 Å². The third-order valence-corrected chi connectivity index (χ3v) is 2.66. The number of aliphatic carboxylic acids is 3. The highest BCUT2D eigenvalue weighted by Crippen LogP contribution is 2.12. The van der Waals surface area contributed by atoms with Gasteiger partial charge in [-0.2, -0.15) is 0 Å². The van der Waals surface area contributed by atoms with Gasteiger partial charge in [0.05, 0.1) is 6.04 Å². The van der Waals surface area contributed by atoms with Crippen LogP contribution in [0.3, 0.4) is 0 Å². The highest BCUT2D eigenvalue weighted by molar-refractivity contribution is 5.98. The second-order valence-electron chi connectivity index (χ2n) is 4.32. The van der Waals surface area contributed by atoms with Crippen LogP contribution in [0.1, 0.15) is 25.7 Å². The number of rotatable bonds is 9. The van der Waals surface area contributed by atoms with Crippen LogP contribution >= 0.6 is 0 Å². The Kier molecular flexibility index (Phi) is 7.52. The Morgan fingerprint density at radius 3 is 1.68 bits per heavy atom. The minimum Gasteiger partial charge on any atom is -0.481 e. The van der Waals surface area contributed by atoms with Crippen molar-refractivity contribution < 1.29 is 44.4 Å². The van der Waals surface area contributed by atoms with Crippen molar-refractivity contribution in [1.82, 2.24) is 4.90 Å². The van der Waals surface area contributed by atoms with Crippen LogP contribution < -0.4 is 5.73 Å². The third kappa shape index (κ3) is 6.17. The van der Waals surface area contributed by atoms with E-state index in [2.05, 4.69) is 0 Å². The Hall–Kier alpha value is -2.69. The van der Waals surface area contributed by atoms with Crippen molar-refractivity contribution in [1.29, 1.82) is 0 Å². The fraction of sp³-hybridized carbons (Fsp3) is 0.545. The second kappa shape index (κ2) is 8.56. The van der Waals surface area contributed by atoms with E-state index in [1.54, 1.807) is 0 Å². The zero-order chi connectivity index (χ0) is 17.4. The molecular weight excluding hydrogens is 304 g/mol. The summed E-state index contributed by atoms with van der Waals surface area (Å²) in [6.07, 6.45) is -4.10. The average Bonchev–Trinajstić information content (AvgIpc) is 2.38. The van der Waals surface area contributed by atoms with E-state index in [1.807, 2.05) is 0 Å². The van der Waals surface area contributed by atoms with Crippen molar-refractivity contribution in [3.05, 3.63) is 0 Å². The summed E-state index contributed by atoms with van der Waals surface area (Å²) in [6.45, 7) is 0. The number of carboxylic acids is 3.